The van der Waals surface area contributed by atoms with Crippen LogP contribution in [0.4, 0.5) is 0 Å². The Hall–Kier alpha value is -1.85. The number of hydrogen-bond donors (Lipinski definition) is 1. The number of aromatic nitrogens is 2. The van der Waals surface area contributed by atoms with Crippen LogP contribution in [0, 0.1) is 5.92 Å². The van der Waals surface area contributed by atoms with Crippen LogP contribution in [0.25, 0.3) is 0 Å². The fourth-order valence-electron chi connectivity index (χ4n) is 2.77. The molecule has 1 aromatic heterocycles. The fraction of sp³-hybridized carbons (Fsp3) is 0.667. The van der Waals surface area contributed by atoms with Crippen molar-refractivity contribution in [3.8, 4) is 0 Å². The monoisotopic (exact) mass is 292 g/mol. The van der Waals surface area contributed by atoms with E-state index in [1.807, 2.05) is 38.6 Å². The highest BCUT2D eigenvalue weighted by Gasteiger charge is 2.40. The molecule has 0 aliphatic carbocycles. The first kappa shape index (κ1) is 15.5. The molecule has 116 valence electrons. The summed E-state index contributed by atoms with van der Waals surface area (Å²) < 4.78 is 1.94. The van der Waals surface area contributed by atoms with Crippen molar-refractivity contribution in [2.75, 3.05) is 6.54 Å². The number of nitrogens with zero attached hydrogens (tertiary/aromatic N) is 3. The Morgan fingerprint density at radius 1 is 1.38 bits per heavy atom. The van der Waals surface area contributed by atoms with E-state index in [0.717, 1.165) is 5.82 Å². The molecule has 21 heavy (non-hydrogen) atoms. The molecule has 2 atom stereocenters. The summed E-state index contributed by atoms with van der Waals surface area (Å²) in [6, 6.07) is -0.783. The maximum absolute atomic E-state index is 12.6. The smallest absolute Gasteiger partial charge is 0.246 e. The van der Waals surface area contributed by atoms with E-state index in [9.17, 15) is 9.59 Å². The number of imidazole rings is 1. The molecule has 1 N–H and O–H groups in total. The number of carbonyl (C=O) groups excluding carboxylic acids is 2. The van der Waals surface area contributed by atoms with Crippen molar-refractivity contribution in [1.29, 1.82) is 0 Å². The summed E-state index contributed by atoms with van der Waals surface area (Å²) in [5.74, 6) is 0.987. The Labute approximate surface area is 125 Å². The summed E-state index contributed by atoms with van der Waals surface area (Å²) >= 11 is 0. The number of nitrogens with one attached hydrogen (secondary N) is 1. The average Bonchev–Trinajstić information content (AvgIpc) is 2.84. The van der Waals surface area contributed by atoms with E-state index in [1.54, 1.807) is 11.1 Å². The molecule has 1 fully saturated rings. The molecule has 1 saturated heterocycles. The summed E-state index contributed by atoms with van der Waals surface area (Å²) in [6.07, 6.45) is 4.91. The van der Waals surface area contributed by atoms with Gasteiger partial charge in [-0.15, -0.1) is 0 Å². The van der Waals surface area contributed by atoms with Gasteiger partial charge in [-0.3, -0.25) is 9.59 Å². The zero-order chi connectivity index (χ0) is 15.6. The number of rotatable bonds is 5. The maximum atomic E-state index is 12.6. The van der Waals surface area contributed by atoms with E-state index in [4.69, 9.17) is 0 Å². The highest BCUT2D eigenvalue weighted by molar-refractivity contribution is 5.97. The number of aryl methyl sites for hydroxylation is 1. The van der Waals surface area contributed by atoms with Gasteiger partial charge in [0.15, 0.2) is 0 Å². The van der Waals surface area contributed by atoms with Crippen LogP contribution < -0.4 is 5.32 Å². The second-order valence-corrected chi connectivity index (χ2v) is 5.89. The molecule has 1 aliphatic rings. The predicted octanol–water partition coefficient (Wildman–Crippen LogP) is 0.724. The molecule has 0 bridgehead atoms. The van der Waals surface area contributed by atoms with Crippen LogP contribution in [0.15, 0.2) is 12.4 Å². The van der Waals surface area contributed by atoms with Crippen LogP contribution in [0.2, 0.25) is 0 Å². The van der Waals surface area contributed by atoms with Crippen molar-refractivity contribution in [1.82, 2.24) is 19.8 Å². The van der Waals surface area contributed by atoms with Crippen molar-refractivity contribution in [3.05, 3.63) is 18.2 Å². The number of piperazine rings is 1. The molecule has 0 aromatic carbocycles. The summed E-state index contributed by atoms with van der Waals surface area (Å²) in [5, 5.41) is 2.85. The van der Waals surface area contributed by atoms with Gasteiger partial charge in [-0.05, 0) is 12.3 Å². The molecule has 0 spiro atoms. The largest absolute Gasteiger partial charge is 0.342 e. The normalized spacial score (nSPS) is 22.8. The third kappa shape index (κ3) is 3.09. The van der Waals surface area contributed by atoms with Gasteiger partial charge in [0, 0.05) is 32.4 Å². The maximum Gasteiger partial charge on any atom is 0.246 e. The van der Waals surface area contributed by atoms with Crippen LogP contribution in [0.5, 0.6) is 0 Å². The summed E-state index contributed by atoms with van der Waals surface area (Å²) in [5.41, 5.74) is 0. The molecule has 2 unspecified atom stereocenters. The van der Waals surface area contributed by atoms with Crippen molar-refractivity contribution in [2.24, 2.45) is 13.0 Å². The predicted molar refractivity (Wildman–Crippen MR) is 79.5 cm³/mol. The van der Waals surface area contributed by atoms with Crippen molar-refractivity contribution >= 4 is 11.8 Å². The molecule has 1 aliphatic heterocycles. The van der Waals surface area contributed by atoms with Gasteiger partial charge in [0.25, 0.3) is 0 Å². The number of amides is 2. The van der Waals surface area contributed by atoms with Crippen molar-refractivity contribution in [3.63, 3.8) is 0 Å². The van der Waals surface area contributed by atoms with Crippen LogP contribution in [0.3, 0.4) is 0 Å². The lowest BCUT2D eigenvalue weighted by molar-refractivity contribution is -0.150. The zero-order valence-corrected chi connectivity index (χ0v) is 13.2. The second-order valence-electron chi connectivity index (χ2n) is 5.89. The third-order valence-corrected chi connectivity index (χ3v) is 4.08. The first-order valence-electron chi connectivity index (χ1n) is 7.52. The van der Waals surface area contributed by atoms with E-state index >= 15 is 0 Å². The van der Waals surface area contributed by atoms with Crippen LogP contribution in [0.1, 0.15) is 33.0 Å². The van der Waals surface area contributed by atoms with Crippen LogP contribution >= 0.6 is 0 Å². The summed E-state index contributed by atoms with van der Waals surface area (Å²) in [7, 11) is 1.93. The van der Waals surface area contributed by atoms with Gasteiger partial charge in [0.2, 0.25) is 11.8 Å². The van der Waals surface area contributed by atoms with Gasteiger partial charge in [0.05, 0.1) is 0 Å². The van der Waals surface area contributed by atoms with E-state index in [2.05, 4.69) is 10.3 Å². The first-order chi connectivity index (χ1) is 9.95. The van der Waals surface area contributed by atoms with E-state index in [0.29, 0.717) is 19.4 Å². The number of hydrogen-bond acceptors (Lipinski definition) is 3. The Morgan fingerprint density at radius 2 is 2.10 bits per heavy atom. The first-order valence-corrected chi connectivity index (χ1v) is 7.52. The van der Waals surface area contributed by atoms with Crippen LogP contribution in [-0.2, 0) is 23.1 Å². The highest BCUT2D eigenvalue weighted by atomic mass is 16.2. The van der Waals surface area contributed by atoms with Gasteiger partial charge in [0.1, 0.15) is 17.9 Å². The van der Waals surface area contributed by atoms with E-state index in [-0.39, 0.29) is 23.8 Å². The molecule has 2 rings (SSSR count). The standard InChI is InChI=1S/C15H24N4O2/c1-5-11-14(20)17-13(10(2)3)15(21)19(11)8-6-12-16-7-9-18(12)4/h7,9-11,13H,5-6,8H2,1-4H3,(H,17,20). The highest BCUT2D eigenvalue weighted by Crippen LogP contribution is 2.18. The Kier molecular flexibility index (Phi) is 4.65. The van der Waals surface area contributed by atoms with E-state index in [1.165, 1.54) is 0 Å². The molecule has 0 saturated carbocycles. The molecule has 1 aromatic rings. The minimum absolute atomic E-state index is 0.0191. The molecule has 2 heterocycles. The average molecular weight is 292 g/mol. The Bertz CT molecular complexity index is 523. The fourth-order valence-corrected chi connectivity index (χ4v) is 2.77. The molecule has 0 radical (unpaired) electrons. The Balaban J connectivity index is 2.14. The lowest BCUT2D eigenvalue weighted by Crippen LogP contribution is -2.64. The molecular formula is C15H24N4O2. The van der Waals surface area contributed by atoms with Crippen LogP contribution in [-0.4, -0.2) is 44.9 Å². The van der Waals surface area contributed by atoms with E-state index < -0.39 is 6.04 Å². The Morgan fingerprint density at radius 3 is 2.62 bits per heavy atom. The third-order valence-electron chi connectivity index (χ3n) is 4.08. The number of carbonyl (C=O) groups is 2. The molecular weight excluding hydrogens is 268 g/mol. The second kappa shape index (κ2) is 6.28. The summed E-state index contributed by atoms with van der Waals surface area (Å²) in [4.78, 5) is 30.8. The lowest BCUT2D eigenvalue weighted by atomic mass is 9.97. The van der Waals surface area contributed by atoms with Crippen molar-refractivity contribution < 1.29 is 9.59 Å². The molecule has 6 heteroatoms. The van der Waals surface area contributed by atoms with Gasteiger partial charge in [-0.1, -0.05) is 20.8 Å². The lowest BCUT2D eigenvalue weighted by Gasteiger charge is -2.40. The minimum Gasteiger partial charge on any atom is -0.342 e. The van der Waals surface area contributed by atoms with Gasteiger partial charge < -0.3 is 14.8 Å². The SMILES string of the molecule is CCC1C(=O)NC(C(C)C)C(=O)N1CCc1nccn1C. The van der Waals surface area contributed by atoms with Gasteiger partial charge >= 0.3 is 0 Å². The minimum atomic E-state index is -0.415. The topological polar surface area (TPSA) is 67.2 Å². The van der Waals surface area contributed by atoms with Crippen molar-refractivity contribution in [2.45, 2.75) is 45.7 Å². The molecule has 6 nitrogen and oxygen atoms in total. The quantitative estimate of drug-likeness (QED) is 0.870. The summed E-state index contributed by atoms with van der Waals surface area (Å²) in [6.45, 7) is 6.36. The van der Waals surface area contributed by atoms with Gasteiger partial charge in [-0.25, -0.2) is 4.98 Å². The zero-order valence-electron chi connectivity index (χ0n) is 13.2. The molecule has 2 amide bonds. The van der Waals surface area contributed by atoms with Gasteiger partial charge in [-0.2, -0.15) is 0 Å².